The predicted octanol–water partition coefficient (Wildman–Crippen LogP) is 2.77. The highest BCUT2D eigenvalue weighted by atomic mass is 32.2. The largest absolute Gasteiger partial charge is 0.354 e. The van der Waals surface area contributed by atoms with Crippen molar-refractivity contribution in [3.63, 3.8) is 0 Å². The number of rotatable bonds is 6. The maximum absolute atomic E-state index is 4.24. The summed E-state index contributed by atoms with van der Waals surface area (Å²) in [7, 11) is 0. The van der Waals surface area contributed by atoms with Crippen LogP contribution in [-0.2, 0) is 12.2 Å². The van der Waals surface area contributed by atoms with Gasteiger partial charge in [0, 0.05) is 17.9 Å². The summed E-state index contributed by atoms with van der Waals surface area (Å²) in [4.78, 5) is 0. The van der Waals surface area contributed by atoms with Gasteiger partial charge in [0.15, 0.2) is 0 Å². The molecule has 2 heteroatoms. The SMILES string of the molecule is [NH3+]C(CSCc1ccccc1)Cc1ccccc1. The van der Waals surface area contributed by atoms with Crippen molar-refractivity contribution in [1.82, 2.24) is 0 Å². The Balaban J connectivity index is 1.71. The molecule has 3 N–H and O–H groups in total. The van der Waals surface area contributed by atoms with Gasteiger partial charge in [-0.15, -0.1) is 0 Å². The second-order valence-electron chi connectivity index (χ2n) is 4.56. The molecule has 0 bridgehead atoms. The molecular formula is C16H20NS+. The van der Waals surface area contributed by atoms with Crippen molar-refractivity contribution in [2.75, 3.05) is 5.75 Å². The molecule has 0 radical (unpaired) electrons. The molecule has 0 aliphatic heterocycles. The second kappa shape index (κ2) is 7.24. The lowest BCUT2D eigenvalue weighted by molar-refractivity contribution is -0.411. The smallest absolute Gasteiger partial charge is 0.0976 e. The van der Waals surface area contributed by atoms with Crippen LogP contribution in [0.3, 0.4) is 0 Å². The van der Waals surface area contributed by atoms with Crippen molar-refractivity contribution in [3.8, 4) is 0 Å². The highest BCUT2D eigenvalue weighted by Gasteiger charge is 2.07. The van der Waals surface area contributed by atoms with Crippen LogP contribution in [0.15, 0.2) is 60.7 Å². The van der Waals surface area contributed by atoms with Gasteiger partial charge in [0.2, 0.25) is 0 Å². The van der Waals surface area contributed by atoms with E-state index < -0.39 is 0 Å². The lowest BCUT2D eigenvalue weighted by atomic mass is 10.1. The normalized spacial score (nSPS) is 12.3. The van der Waals surface area contributed by atoms with Crippen molar-refractivity contribution in [1.29, 1.82) is 0 Å². The second-order valence-corrected chi connectivity index (χ2v) is 5.59. The maximum atomic E-state index is 4.24. The van der Waals surface area contributed by atoms with E-state index >= 15 is 0 Å². The summed E-state index contributed by atoms with van der Waals surface area (Å²) >= 11 is 1.97. The Morgan fingerprint density at radius 2 is 1.39 bits per heavy atom. The molecule has 0 fully saturated rings. The molecule has 1 nitrogen and oxygen atoms in total. The van der Waals surface area contributed by atoms with E-state index in [1.54, 1.807) is 0 Å². The Labute approximate surface area is 113 Å². The molecule has 0 spiro atoms. The van der Waals surface area contributed by atoms with Gasteiger partial charge in [0.25, 0.3) is 0 Å². The zero-order valence-corrected chi connectivity index (χ0v) is 11.4. The van der Waals surface area contributed by atoms with Gasteiger partial charge in [-0.1, -0.05) is 60.7 Å². The van der Waals surface area contributed by atoms with Crippen molar-refractivity contribution < 1.29 is 5.73 Å². The molecule has 0 aliphatic rings. The van der Waals surface area contributed by atoms with Crippen LogP contribution in [0.2, 0.25) is 0 Å². The minimum absolute atomic E-state index is 0.487. The third-order valence-corrected chi connectivity index (χ3v) is 4.08. The summed E-state index contributed by atoms with van der Waals surface area (Å²) in [6.07, 6.45) is 1.07. The van der Waals surface area contributed by atoms with Gasteiger partial charge in [-0.2, -0.15) is 11.8 Å². The first kappa shape index (κ1) is 13.2. The van der Waals surface area contributed by atoms with E-state index in [9.17, 15) is 0 Å². The average molecular weight is 258 g/mol. The van der Waals surface area contributed by atoms with Crippen LogP contribution < -0.4 is 5.73 Å². The lowest BCUT2D eigenvalue weighted by Gasteiger charge is -2.08. The Morgan fingerprint density at radius 1 is 0.833 bits per heavy atom. The number of benzene rings is 2. The van der Waals surface area contributed by atoms with Gasteiger partial charge in [-0.25, -0.2) is 0 Å². The number of quaternary nitrogens is 1. The van der Waals surface area contributed by atoms with Crippen LogP contribution in [0.1, 0.15) is 11.1 Å². The number of hydrogen-bond acceptors (Lipinski definition) is 1. The summed E-state index contributed by atoms with van der Waals surface area (Å²) in [6, 6.07) is 21.7. The van der Waals surface area contributed by atoms with Crippen LogP contribution in [0.4, 0.5) is 0 Å². The summed E-state index contributed by atoms with van der Waals surface area (Å²) in [5, 5.41) is 0. The van der Waals surface area contributed by atoms with Gasteiger partial charge < -0.3 is 5.73 Å². The monoisotopic (exact) mass is 258 g/mol. The number of thioether (sulfide) groups is 1. The average Bonchev–Trinajstić information content (AvgIpc) is 2.41. The standard InChI is InChI=1S/C16H19NS/c17-16(11-14-7-3-1-4-8-14)13-18-12-15-9-5-2-6-10-15/h1-10,16H,11-13,17H2/p+1. The van der Waals surface area contributed by atoms with Crippen molar-refractivity contribution in [2.24, 2.45) is 0 Å². The molecule has 0 aromatic heterocycles. The maximum Gasteiger partial charge on any atom is 0.0976 e. The molecule has 0 amide bonds. The lowest BCUT2D eigenvalue weighted by Crippen LogP contribution is -2.63. The molecule has 1 unspecified atom stereocenters. The van der Waals surface area contributed by atoms with Gasteiger partial charge in [-0.05, 0) is 11.1 Å². The van der Waals surface area contributed by atoms with E-state index in [1.807, 2.05) is 11.8 Å². The third-order valence-electron chi connectivity index (χ3n) is 2.83. The van der Waals surface area contributed by atoms with Crippen molar-refractivity contribution in [2.45, 2.75) is 18.2 Å². The topological polar surface area (TPSA) is 27.6 Å². The summed E-state index contributed by atoms with van der Waals surface area (Å²) in [5.74, 6) is 2.20. The zero-order valence-electron chi connectivity index (χ0n) is 10.6. The molecule has 0 heterocycles. The minimum atomic E-state index is 0.487. The first-order chi connectivity index (χ1) is 8.84. The van der Waals surface area contributed by atoms with Gasteiger partial charge in [-0.3, -0.25) is 0 Å². The molecule has 2 aromatic rings. The highest BCUT2D eigenvalue weighted by molar-refractivity contribution is 7.98. The fourth-order valence-electron chi connectivity index (χ4n) is 1.92. The molecule has 18 heavy (non-hydrogen) atoms. The first-order valence-corrected chi connectivity index (χ1v) is 7.49. The van der Waals surface area contributed by atoms with Crippen molar-refractivity contribution in [3.05, 3.63) is 71.8 Å². The van der Waals surface area contributed by atoms with E-state index in [2.05, 4.69) is 66.4 Å². The summed E-state index contributed by atoms with van der Waals surface area (Å²) < 4.78 is 0. The van der Waals surface area contributed by atoms with E-state index in [-0.39, 0.29) is 0 Å². The molecule has 0 aliphatic carbocycles. The van der Waals surface area contributed by atoms with Crippen LogP contribution in [0.25, 0.3) is 0 Å². The predicted molar refractivity (Wildman–Crippen MR) is 79.4 cm³/mol. The minimum Gasteiger partial charge on any atom is -0.354 e. The van der Waals surface area contributed by atoms with Crippen LogP contribution >= 0.6 is 11.8 Å². The molecule has 1 atom stereocenters. The van der Waals surface area contributed by atoms with E-state index in [1.165, 1.54) is 11.1 Å². The van der Waals surface area contributed by atoms with Gasteiger partial charge >= 0.3 is 0 Å². The molecule has 2 rings (SSSR count). The fourth-order valence-corrected chi connectivity index (χ4v) is 2.92. The van der Waals surface area contributed by atoms with Crippen LogP contribution in [0.5, 0.6) is 0 Å². The van der Waals surface area contributed by atoms with Crippen molar-refractivity contribution >= 4 is 11.8 Å². The van der Waals surface area contributed by atoms with Crippen LogP contribution in [0, 0.1) is 0 Å². The highest BCUT2D eigenvalue weighted by Crippen LogP contribution is 2.13. The van der Waals surface area contributed by atoms with E-state index in [0.717, 1.165) is 17.9 Å². The molecular weight excluding hydrogens is 238 g/mol. The Bertz CT molecular complexity index is 441. The zero-order chi connectivity index (χ0) is 12.6. The molecule has 2 aromatic carbocycles. The molecule has 0 saturated heterocycles. The fraction of sp³-hybridized carbons (Fsp3) is 0.250. The summed E-state index contributed by atoms with van der Waals surface area (Å²) in [5.41, 5.74) is 7.03. The van der Waals surface area contributed by atoms with Crippen LogP contribution in [-0.4, -0.2) is 11.8 Å². The Kier molecular flexibility index (Phi) is 5.31. The van der Waals surface area contributed by atoms with E-state index in [0.29, 0.717) is 6.04 Å². The van der Waals surface area contributed by atoms with Gasteiger partial charge in [0.1, 0.15) is 0 Å². The van der Waals surface area contributed by atoms with E-state index in [4.69, 9.17) is 0 Å². The Hall–Kier alpha value is -1.25. The quantitative estimate of drug-likeness (QED) is 0.847. The first-order valence-electron chi connectivity index (χ1n) is 6.33. The number of hydrogen-bond donors (Lipinski definition) is 1. The Morgan fingerprint density at radius 3 is 2.00 bits per heavy atom. The van der Waals surface area contributed by atoms with Gasteiger partial charge in [0.05, 0.1) is 6.04 Å². The summed E-state index contributed by atoms with van der Waals surface area (Å²) in [6.45, 7) is 0. The molecule has 94 valence electrons. The third kappa shape index (κ3) is 4.55. The molecule has 0 saturated carbocycles.